The second-order valence-corrected chi connectivity index (χ2v) is 4.19. The fourth-order valence-electron chi connectivity index (χ4n) is 1.65. The highest BCUT2D eigenvalue weighted by atomic mass is 16.5. The van der Waals surface area contributed by atoms with Crippen LogP contribution in [-0.2, 0) is 0 Å². The molecule has 0 atom stereocenters. The van der Waals surface area contributed by atoms with Gasteiger partial charge in [0.15, 0.2) is 0 Å². The zero-order valence-electron chi connectivity index (χ0n) is 10.8. The summed E-state index contributed by atoms with van der Waals surface area (Å²) in [5, 5.41) is 12.3. The molecule has 2 aromatic carbocycles. The largest absolute Gasteiger partial charge is 0.508 e. The fourth-order valence-corrected chi connectivity index (χ4v) is 1.65. The number of aryl methyl sites for hydroxylation is 1. The Bertz CT molecular complexity index is 608. The molecule has 2 aromatic rings. The van der Waals surface area contributed by atoms with Crippen molar-refractivity contribution >= 4 is 11.6 Å². The van der Waals surface area contributed by atoms with Crippen molar-refractivity contribution < 1.29 is 14.6 Å². The minimum absolute atomic E-state index is 0.110. The van der Waals surface area contributed by atoms with Gasteiger partial charge in [0.2, 0.25) is 0 Å². The second-order valence-electron chi connectivity index (χ2n) is 4.19. The van der Waals surface area contributed by atoms with E-state index in [2.05, 4.69) is 5.32 Å². The molecule has 0 aliphatic rings. The molecule has 0 bridgehead atoms. The number of carbonyl (C=O) groups excluding carboxylic acids is 1. The van der Waals surface area contributed by atoms with Crippen LogP contribution in [0.2, 0.25) is 0 Å². The summed E-state index contributed by atoms with van der Waals surface area (Å²) in [7, 11) is 1.57. The lowest BCUT2D eigenvalue weighted by Gasteiger charge is -2.08. The third-order valence-corrected chi connectivity index (χ3v) is 2.80. The molecule has 0 fully saturated rings. The van der Waals surface area contributed by atoms with Crippen LogP contribution in [0.3, 0.4) is 0 Å². The molecule has 0 aromatic heterocycles. The first-order valence-corrected chi connectivity index (χ1v) is 5.85. The lowest BCUT2D eigenvalue weighted by Crippen LogP contribution is -2.11. The highest BCUT2D eigenvalue weighted by Crippen LogP contribution is 2.20. The predicted molar refractivity (Wildman–Crippen MR) is 73.8 cm³/mol. The van der Waals surface area contributed by atoms with E-state index >= 15 is 0 Å². The van der Waals surface area contributed by atoms with Crippen molar-refractivity contribution in [1.82, 2.24) is 0 Å². The molecule has 4 heteroatoms. The fraction of sp³-hybridized carbons (Fsp3) is 0.133. The van der Waals surface area contributed by atoms with Gasteiger partial charge in [-0.3, -0.25) is 4.79 Å². The Kier molecular flexibility index (Phi) is 3.71. The van der Waals surface area contributed by atoms with Crippen molar-refractivity contribution in [2.24, 2.45) is 0 Å². The summed E-state index contributed by atoms with van der Waals surface area (Å²) in [5.41, 5.74) is 1.79. The second kappa shape index (κ2) is 5.44. The van der Waals surface area contributed by atoms with Crippen molar-refractivity contribution in [2.75, 3.05) is 12.4 Å². The molecule has 2 rings (SSSR count). The van der Waals surface area contributed by atoms with E-state index in [0.717, 1.165) is 5.56 Å². The number of nitrogens with one attached hydrogen (secondary N) is 1. The van der Waals surface area contributed by atoms with E-state index in [1.807, 2.05) is 0 Å². The van der Waals surface area contributed by atoms with Gasteiger partial charge in [-0.05, 0) is 36.8 Å². The monoisotopic (exact) mass is 257 g/mol. The summed E-state index contributed by atoms with van der Waals surface area (Å²) in [4.78, 5) is 12.0. The summed E-state index contributed by atoms with van der Waals surface area (Å²) in [6.45, 7) is 1.78. The number of benzene rings is 2. The molecule has 2 N–H and O–H groups in total. The first-order chi connectivity index (χ1) is 9.10. The Morgan fingerprint density at radius 2 is 2.00 bits per heavy atom. The van der Waals surface area contributed by atoms with E-state index in [9.17, 15) is 9.90 Å². The molecule has 0 saturated carbocycles. The van der Waals surface area contributed by atoms with Crippen molar-refractivity contribution in [1.29, 1.82) is 0 Å². The number of amides is 1. The van der Waals surface area contributed by atoms with E-state index in [1.165, 1.54) is 6.07 Å². The molecule has 0 unspecified atom stereocenters. The molecule has 0 aliphatic heterocycles. The van der Waals surface area contributed by atoms with Gasteiger partial charge >= 0.3 is 0 Å². The van der Waals surface area contributed by atoms with Crippen LogP contribution in [0, 0.1) is 6.92 Å². The molecular weight excluding hydrogens is 242 g/mol. The van der Waals surface area contributed by atoms with E-state index in [4.69, 9.17) is 4.74 Å². The van der Waals surface area contributed by atoms with Crippen LogP contribution in [0.15, 0.2) is 42.5 Å². The third-order valence-electron chi connectivity index (χ3n) is 2.80. The SMILES string of the molecule is COc1cccc(NC(=O)c2ccc(C)c(O)c2)c1. The maximum Gasteiger partial charge on any atom is 0.255 e. The van der Waals surface area contributed by atoms with E-state index < -0.39 is 0 Å². The van der Waals surface area contributed by atoms with Crippen LogP contribution < -0.4 is 10.1 Å². The molecule has 0 aliphatic carbocycles. The normalized spacial score (nSPS) is 10.0. The van der Waals surface area contributed by atoms with Gasteiger partial charge in [-0.2, -0.15) is 0 Å². The van der Waals surface area contributed by atoms with Gasteiger partial charge in [0.1, 0.15) is 11.5 Å². The van der Waals surface area contributed by atoms with Gasteiger partial charge in [0, 0.05) is 17.3 Å². The van der Waals surface area contributed by atoms with Gasteiger partial charge in [0.05, 0.1) is 7.11 Å². The van der Waals surface area contributed by atoms with Crippen molar-refractivity contribution in [2.45, 2.75) is 6.92 Å². The number of phenols is 1. The van der Waals surface area contributed by atoms with Gasteiger partial charge in [-0.1, -0.05) is 12.1 Å². The van der Waals surface area contributed by atoms with Crippen LogP contribution in [-0.4, -0.2) is 18.1 Å². The average molecular weight is 257 g/mol. The van der Waals surface area contributed by atoms with Gasteiger partial charge < -0.3 is 15.2 Å². The van der Waals surface area contributed by atoms with Crippen LogP contribution in [0.25, 0.3) is 0 Å². The number of rotatable bonds is 3. The highest BCUT2D eigenvalue weighted by Gasteiger charge is 2.08. The lowest BCUT2D eigenvalue weighted by atomic mass is 10.1. The molecule has 98 valence electrons. The number of hydrogen-bond acceptors (Lipinski definition) is 3. The van der Waals surface area contributed by atoms with Gasteiger partial charge in [-0.25, -0.2) is 0 Å². The quantitative estimate of drug-likeness (QED) is 0.888. The zero-order chi connectivity index (χ0) is 13.8. The Balaban J connectivity index is 2.18. The van der Waals surface area contributed by atoms with Crippen molar-refractivity contribution in [3.05, 3.63) is 53.6 Å². The summed E-state index contributed by atoms with van der Waals surface area (Å²) in [6.07, 6.45) is 0. The maximum absolute atomic E-state index is 12.0. The average Bonchev–Trinajstić information content (AvgIpc) is 2.42. The number of methoxy groups -OCH3 is 1. The summed E-state index contributed by atoms with van der Waals surface area (Å²) >= 11 is 0. The van der Waals surface area contributed by atoms with E-state index in [0.29, 0.717) is 17.0 Å². The van der Waals surface area contributed by atoms with Gasteiger partial charge in [-0.15, -0.1) is 0 Å². The van der Waals surface area contributed by atoms with Crippen molar-refractivity contribution in [3.8, 4) is 11.5 Å². The van der Waals surface area contributed by atoms with E-state index in [1.54, 1.807) is 50.4 Å². The van der Waals surface area contributed by atoms with Crippen LogP contribution in [0.4, 0.5) is 5.69 Å². The number of hydrogen-bond donors (Lipinski definition) is 2. The maximum atomic E-state index is 12.0. The Morgan fingerprint density at radius 1 is 1.21 bits per heavy atom. The predicted octanol–water partition coefficient (Wildman–Crippen LogP) is 2.96. The van der Waals surface area contributed by atoms with Crippen LogP contribution in [0.1, 0.15) is 15.9 Å². The Labute approximate surface area is 111 Å². The number of phenolic OH excluding ortho intramolecular Hbond substituents is 1. The molecule has 1 amide bonds. The van der Waals surface area contributed by atoms with E-state index in [-0.39, 0.29) is 11.7 Å². The number of aromatic hydroxyl groups is 1. The Hall–Kier alpha value is -2.49. The molecule has 0 radical (unpaired) electrons. The lowest BCUT2D eigenvalue weighted by molar-refractivity contribution is 0.102. The molecule has 19 heavy (non-hydrogen) atoms. The molecular formula is C15H15NO3. The topological polar surface area (TPSA) is 58.6 Å². The number of ether oxygens (including phenoxy) is 1. The summed E-state index contributed by atoms with van der Waals surface area (Å²) in [6, 6.07) is 11.9. The minimum Gasteiger partial charge on any atom is -0.508 e. The minimum atomic E-state index is -0.274. The number of carbonyl (C=O) groups is 1. The van der Waals surface area contributed by atoms with Gasteiger partial charge in [0.25, 0.3) is 5.91 Å². The highest BCUT2D eigenvalue weighted by molar-refractivity contribution is 6.04. The molecule has 0 saturated heterocycles. The molecule has 0 spiro atoms. The molecule has 4 nitrogen and oxygen atoms in total. The van der Waals surface area contributed by atoms with Crippen molar-refractivity contribution in [3.63, 3.8) is 0 Å². The van der Waals surface area contributed by atoms with Crippen LogP contribution in [0.5, 0.6) is 11.5 Å². The van der Waals surface area contributed by atoms with Crippen LogP contribution >= 0.6 is 0 Å². The standard InChI is InChI=1S/C15H15NO3/c1-10-6-7-11(8-14(10)17)15(18)16-12-4-3-5-13(9-12)19-2/h3-9,17H,1-2H3,(H,16,18). The smallest absolute Gasteiger partial charge is 0.255 e. The first-order valence-electron chi connectivity index (χ1n) is 5.85. The summed E-state index contributed by atoms with van der Waals surface area (Å²) in [5.74, 6) is 0.506. The number of anilines is 1. The summed E-state index contributed by atoms with van der Waals surface area (Å²) < 4.78 is 5.09. The Morgan fingerprint density at radius 3 is 2.68 bits per heavy atom. The first kappa shape index (κ1) is 13.0. The molecule has 0 heterocycles. The zero-order valence-corrected chi connectivity index (χ0v) is 10.8. The third kappa shape index (κ3) is 3.04.